The van der Waals surface area contributed by atoms with Crippen LogP contribution in [-0.4, -0.2) is 24.5 Å². The van der Waals surface area contributed by atoms with E-state index in [1.54, 1.807) is 10.9 Å². The van der Waals surface area contributed by atoms with Gasteiger partial charge in [0.1, 0.15) is 17.7 Å². The molecule has 4 aromatic rings. The number of anilines is 1. The average molecular weight is 398 g/mol. The molecule has 9 heteroatoms. The van der Waals surface area contributed by atoms with Gasteiger partial charge in [0, 0.05) is 11.3 Å². The molecule has 0 aliphatic rings. The van der Waals surface area contributed by atoms with Crippen molar-refractivity contribution in [3.8, 4) is 16.9 Å². The zero-order valence-corrected chi connectivity index (χ0v) is 15.4. The summed E-state index contributed by atoms with van der Waals surface area (Å²) in [5.74, 6) is -1.20. The highest BCUT2D eigenvalue weighted by molar-refractivity contribution is 5.68. The summed E-state index contributed by atoms with van der Waals surface area (Å²) < 4.78 is 41.6. The topological polar surface area (TPSA) is 74.5 Å². The number of nitrogen functional groups attached to an aromatic ring is 1. The van der Waals surface area contributed by atoms with Crippen LogP contribution in [0.5, 0.6) is 0 Å². The van der Waals surface area contributed by atoms with Gasteiger partial charge in [0.05, 0.1) is 12.7 Å². The third-order valence-corrected chi connectivity index (χ3v) is 4.46. The first-order valence-corrected chi connectivity index (χ1v) is 8.78. The van der Waals surface area contributed by atoms with Gasteiger partial charge in [-0.2, -0.15) is 18.3 Å². The Kier molecular flexibility index (Phi) is 4.57. The number of rotatable bonds is 4. The maximum atomic E-state index is 12.9. The Labute approximate surface area is 164 Å². The lowest BCUT2D eigenvalue weighted by molar-refractivity contribution is -0.144. The molecule has 6 nitrogen and oxygen atoms in total. The van der Waals surface area contributed by atoms with Crippen LogP contribution in [0.25, 0.3) is 16.9 Å². The number of nitrogens with zero attached hydrogens (tertiary/aromatic N) is 5. The molecule has 4 rings (SSSR count). The quantitative estimate of drug-likeness (QED) is 0.526. The molecular weight excluding hydrogens is 381 g/mol. The van der Waals surface area contributed by atoms with Crippen molar-refractivity contribution in [2.24, 2.45) is 0 Å². The number of nitrogens with two attached hydrogens (primary N) is 1. The minimum absolute atomic E-state index is 0.409. The highest BCUT2D eigenvalue weighted by atomic mass is 19.4. The second-order valence-corrected chi connectivity index (χ2v) is 6.63. The van der Waals surface area contributed by atoms with Gasteiger partial charge in [0.25, 0.3) is 5.82 Å². The summed E-state index contributed by atoms with van der Waals surface area (Å²) in [6.45, 7) is 2.35. The molecule has 2 heterocycles. The molecule has 2 aromatic heterocycles. The Hall–Kier alpha value is -3.62. The number of aryl methyl sites for hydroxylation is 1. The first-order valence-electron chi connectivity index (χ1n) is 8.78. The van der Waals surface area contributed by atoms with Crippen LogP contribution >= 0.6 is 0 Å². The van der Waals surface area contributed by atoms with E-state index in [2.05, 4.69) is 15.2 Å². The normalized spacial score (nSPS) is 11.7. The fourth-order valence-corrected chi connectivity index (χ4v) is 2.99. The van der Waals surface area contributed by atoms with E-state index in [4.69, 9.17) is 5.73 Å². The van der Waals surface area contributed by atoms with Crippen LogP contribution in [0.4, 0.5) is 18.9 Å². The molecule has 0 radical (unpaired) electrons. The van der Waals surface area contributed by atoms with Crippen LogP contribution in [0.2, 0.25) is 0 Å². The van der Waals surface area contributed by atoms with Gasteiger partial charge in [-0.05, 0) is 24.1 Å². The molecule has 29 heavy (non-hydrogen) atoms. The molecule has 0 bridgehead atoms. The molecule has 0 saturated heterocycles. The third-order valence-electron chi connectivity index (χ3n) is 4.46. The number of alkyl halides is 3. The van der Waals surface area contributed by atoms with Crippen molar-refractivity contribution in [3.63, 3.8) is 0 Å². The monoisotopic (exact) mass is 398 g/mol. The standard InChI is InChI=1S/C20H17F3N6/c1-13-9-14(7-8-16(13)24)10-28-11-17(18(26-28)15-5-3-2-4-6-15)29-12-25-19(27-29)20(21,22)23/h2-9,11-12H,10,24H2,1H3. The zero-order valence-electron chi connectivity index (χ0n) is 15.4. The smallest absolute Gasteiger partial charge is 0.399 e. The van der Waals surface area contributed by atoms with Crippen LogP contribution in [0, 0.1) is 6.92 Å². The number of hydrogen-bond donors (Lipinski definition) is 1. The highest BCUT2D eigenvalue weighted by Gasteiger charge is 2.36. The summed E-state index contributed by atoms with van der Waals surface area (Å²) >= 11 is 0. The fraction of sp³-hybridized carbons (Fsp3) is 0.150. The molecule has 0 spiro atoms. The summed E-state index contributed by atoms with van der Waals surface area (Å²) in [7, 11) is 0. The summed E-state index contributed by atoms with van der Waals surface area (Å²) in [6, 6.07) is 14.9. The summed E-state index contributed by atoms with van der Waals surface area (Å²) in [4.78, 5) is 3.39. The van der Waals surface area contributed by atoms with Crippen molar-refractivity contribution in [1.82, 2.24) is 24.5 Å². The Morgan fingerprint density at radius 2 is 1.79 bits per heavy atom. The van der Waals surface area contributed by atoms with Gasteiger partial charge >= 0.3 is 6.18 Å². The van der Waals surface area contributed by atoms with Crippen molar-refractivity contribution in [2.75, 3.05) is 5.73 Å². The number of benzene rings is 2. The van der Waals surface area contributed by atoms with E-state index in [1.165, 1.54) is 0 Å². The Morgan fingerprint density at radius 1 is 1.03 bits per heavy atom. The number of aromatic nitrogens is 5. The lowest BCUT2D eigenvalue weighted by Gasteiger charge is -2.05. The molecule has 0 saturated carbocycles. The fourth-order valence-electron chi connectivity index (χ4n) is 2.99. The molecule has 0 amide bonds. The second-order valence-electron chi connectivity index (χ2n) is 6.63. The van der Waals surface area contributed by atoms with Crippen LogP contribution in [0.3, 0.4) is 0 Å². The first kappa shape index (κ1) is 18.7. The zero-order chi connectivity index (χ0) is 20.6. The molecule has 2 aromatic carbocycles. The summed E-state index contributed by atoms with van der Waals surface area (Å²) in [5.41, 5.74) is 10.2. The number of hydrogen-bond acceptors (Lipinski definition) is 4. The molecule has 148 valence electrons. The van der Waals surface area contributed by atoms with E-state index in [0.717, 1.165) is 27.7 Å². The molecule has 0 aliphatic heterocycles. The lowest BCUT2D eigenvalue weighted by Crippen LogP contribution is -2.08. The van der Waals surface area contributed by atoms with Gasteiger partial charge in [-0.1, -0.05) is 42.5 Å². The van der Waals surface area contributed by atoms with Gasteiger partial charge in [0.2, 0.25) is 0 Å². The Balaban J connectivity index is 1.77. The lowest BCUT2D eigenvalue weighted by atomic mass is 10.1. The van der Waals surface area contributed by atoms with E-state index in [0.29, 0.717) is 23.6 Å². The molecule has 0 fully saturated rings. The SMILES string of the molecule is Cc1cc(Cn2cc(-n3cnc(C(F)(F)F)n3)c(-c3ccccc3)n2)ccc1N. The van der Waals surface area contributed by atoms with Crippen LogP contribution < -0.4 is 5.73 Å². The Morgan fingerprint density at radius 3 is 2.45 bits per heavy atom. The third kappa shape index (κ3) is 3.84. The van der Waals surface area contributed by atoms with E-state index < -0.39 is 12.0 Å². The van der Waals surface area contributed by atoms with Gasteiger partial charge in [-0.3, -0.25) is 4.68 Å². The minimum Gasteiger partial charge on any atom is -0.399 e. The van der Waals surface area contributed by atoms with Crippen LogP contribution in [0.1, 0.15) is 17.0 Å². The molecule has 0 atom stereocenters. The van der Waals surface area contributed by atoms with E-state index in [-0.39, 0.29) is 0 Å². The highest BCUT2D eigenvalue weighted by Crippen LogP contribution is 2.29. The largest absolute Gasteiger partial charge is 0.453 e. The average Bonchev–Trinajstić information content (AvgIpc) is 3.32. The van der Waals surface area contributed by atoms with Crippen molar-refractivity contribution >= 4 is 5.69 Å². The number of halogens is 3. The van der Waals surface area contributed by atoms with Crippen molar-refractivity contribution in [1.29, 1.82) is 0 Å². The summed E-state index contributed by atoms with van der Waals surface area (Å²) in [5, 5.41) is 8.19. The molecular formula is C20H17F3N6. The maximum Gasteiger partial charge on any atom is 0.453 e. The van der Waals surface area contributed by atoms with E-state index in [9.17, 15) is 13.2 Å². The van der Waals surface area contributed by atoms with Crippen LogP contribution in [-0.2, 0) is 12.7 Å². The van der Waals surface area contributed by atoms with Crippen molar-refractivity contribution in [3.05, 3.63) is 78.0 Å². The first-order chi connectivity index (χ1) is 13.8. The maximum absolute atomic E-state index is 12.9. The summed E-state index contributed by atoms with van der Waals surface area (Å²) in [6.07, 6.45) is -1.91. The van der Waals surface area contributed by atoms with Gasteiger partial charge in [0.15, 0.2) is 0 Å². The molecule has 2 N–H and O–H groups in total. The molecule has 0 aliphatic carbocycles. The van der Waals surface area contributed by atoms with Gasteiger partial charge < -0.3 is 5.73 Å². The second kappa shape index (κ2) is 7.08. The van der Waals surface area contributed by atoms with Crippen LogP contribution in [0.15, 0.2) is 61.1 Å². The van der Waals surface area contributed by atoms with E-state index in [1.807, 2.05) is 55.5 Å². The van der Waals surface area contributed by atoms with Crippen molar-refractivity contribution < 1.29 is 13.2 Å². The Bertz CT molecular complexity index is 1140. The van der Waals surface area contributed by atoms with E-state index >= 15 is 0 Å². The predicted molar refractivity (Wildman–Crippen MR) is 102 cm³/mol. The van der Waals surface area contributed by atoms with Gasteiger partial charge in [-0.25, -0.2) is 9.67 Å². The minimum atomic E-state index is -4.62. The van der Waals surface area contributed by atoms with Gasteiger partial charge in [-0.15, -0.1) is 5.10 Å². The molecule has 0 unspecified atom stereocenters. The predicted octanol–water partition coefficient (Wildman–Crippen LogP) is 4.09. The van der Waals surface area contributed by atoms with Crippen molar-refractivity contribution in [2.45, 2.75) is 19.6 Å².